The second kappa shape index (κ2) is 5.58. The third-order valence-corrected chi connectivity index (χ3v) is 3.03. The number of aromatic nitrogens is 4. The summed E-state index contributed by atoms with van der Waals surface area (Å²) in [6.45, 7) is 6.52. The van der Waals surface area contributed by atoms with Gasteiger partial charge in [0.15, 0.2) is 5.82 Å². The molecular formula is C14H21N5O. The van der Waals surface area contributed by atoms with Crippen LogP contribution in [0.5, 0.6) is 0 Å². The van der Waals surface area contributed by atoms with Crippen LogP contribution in [-0.2, 0) is 17.4 Å². The molecule has 108 valence electrons. The van der Waals surface area contributed by atoms with Crippen molar-refractivity contribution in [3.05, 3.63) is 24.3 Å². The number of aryl methyl sites for hydroxylation is 1. The summed E-state index contributed by atoms with van der Waals surface area (Å²) in [4.78, 5) is 9.13. The first-order valence-electron chi connectivity index (χ1n) is 6.66. The average molecular weight is 275 g/mol. The van der Waals surface area contributed by atoms with Gasteiger partial charge in [-0.15, -0.1) is 0 Å². The van der Waals surface area contributed by atoms with E-state index in [1.54, 1.807) is 10.9 Å². The van der Waals surface area contributed by atoms with Gasteiger partial charge in [0.05, 0.1) is 11.9 Å². The van der Waals surface area contributed by atoms with Gasteiger partial charge in [0.1, 0.15) is 11.4 Å². The lowest BCUT2D eigenvalue weighted by atomic mass is 10.1. The molecule has 0 unspecified atom stereocenters. The molecular weight excluding hydrogens is 254 g/mol. The Morgan fingerprint density at radius 1 is 1.35 bits per heavy atom. The van der Waals surface area contributed by atoms with Gasteiger partial charge in [-0.3, -0.25) is 4.68 Å². The minimum Gasteiger partial charge on any atom is -0.373 e. The largest absolute Gasteiger partial charge is 0.373 e. The third kappa shape index (κ3) is 2.96. The molecule has 0 aliphatic carbocycles. The van der Waals surface area contributed by atoms with Gasteiger partial charge in [0.2, 0.25) is 0 Å². The minimum absolute atomic E-state index is 0.529. The van der Waals surface area contributed by atoms with Crippen molar-refractivity contribution in [3.63, 3.8) is 0 Å². The standard InChI is InChI=1S/C14H21N5O/c1-6-20-14(2,3)13-17-11(7-12(15-4)18-13)10-8-16-19(5)9-10/h7-9H,6H2,1-5H3,(H,15,17,18). The van der Waals surface area contributed by atoms with Crippen molar-refractivity contribution in [2.24, 2.45) is 7.05 Å². The highest BCUT2D eigenvalue weighted by atomic mass is 16.5. The number of hydrogen-bond acceptors (Lipinski definition) is 5. The SMILES string of the molecule is CCOC(C)(C)c1nc(NC)cc(-c2cnn(C)c2)n1. The van der Waals surface area contributed by atoms with Crippen molar-refractivity contribution in [1.82, 2.24) is 19.7 Å². The molecule has 0 bridgehead atoms. The third-order valence-electron chi connectivity index (χ3n) is 3.03. The van der Waals surface area contributed by atoms with E-state index in [9.17, 15) is 0 Å². The second-order valence-corrected chi connectivity index (χ2v) is 5.06. The predicted octanol–water partition coefficient (Wildman–Crippen LogP) is 2.19. The monoisotopic (exact) mass is 275 g/mol. The van der Waals surface area contributed by atoms with Gasteiger partial charge in [-0.1, -0.05) is 0 Å². The summed E-state index contributed by atoms with van der Waals surface area (Å²) in [6, 6.07) is 1.91. The number of anilines is 1. The van der Waals surface area contributed by atoms with Gasteiger partial charge < -0.3 is 10.1 Å². The maximum Gasteiger partial charge on any atom is 0.162 e. The molecule has 0 fully saturated rings. The van der Waals surface area contributed by atoms with Crippen LogP contribution in [0.1, 0.15) is 26.6 Å². The first kappa shape index (κ1) is 14.5. The Morgan fingerprint density at radius 3 is 2.65 bits per heavy atom. The highest BCUT2D eigenvalue weighted by molar-refractivity contribution is 5.61. The summed E-state index contributed by atoms with van der Waals surface area (Å²) in [5.41, 5.74) is 1.26. The summed E-state index contributed by atoms with van der Waals surface area (Å²) >= 11 is 0. The Balaban J connectivity index is 2.49. The van der Waals surface area contributed by atoms with E-state index in [1.165, 1.54) is 0 Å². The zero-order chi connectivity index (χ0) is 14.8. The highest BCUT2D eigenvalue weighted by Gasteiger charge is 2.25. The lowest BCUT2D eigenvalue weighted by Gasteiger charge is -2.23. The lowest BCUT2D eigenvalue weighted by molar-refractivity contribution is -0.0206. The van der Waals surface area contributed by atoms with Crippen molar-refractivity contribution in [1.29, 1.82) is 0 Å². The molecule has 0 radical (unpaired) electrons. The van der Waals surface area contributed by atoms with Crippen LogP contribution >= 0.6 is 0 Å². The Hall–Kier alpha value is -1.95. The molecule has 20 heavy (non-hydrogen) atoms. The van der Waals surface area contributed by atoms with E-state index >= 15 is 0 Å². The van der Waals surface area contributed by atoms with Crippen molar-refractivity contribution in [3.8, 4) is 11.3 Å². The normalized spacial score (nSPS) is 11.7. The van der Waals surface area contributed by atoms with Gasteiger partial charge in [-0.2, -0.15) is 5.10 Å². The van der Waals surface area contributed by atoms with E-state index in [-0.39, 0.29) is 0 Å². The maximum atomic E-state index is 5.74. The van der Waals surface area contributed by atoms with Gasteiger partial charge in [0, 0.05) is 38.5 Å². The number of ether oxygens (including phenoxy) is 1. The van der Waals surface area contributed by atoms with E-state index in [2.05, 4.69) is 20.4 Å². The molecule has 0 saturated carbocycles. The highest BCUT2D eigenvalue weighted by Crippen LogP contribution is 2.26. The number of nitrogens with one attached hydrogen (secondary N) is 1. The van der Waals surface area contributed by atoms with E-state index < -0.39 is 5.60 Å². The quantitative estimate of drug-likeness (QED) is 0.906. The van der Waals surface area contributed by atoms with Crippen LogP contribution < -0.4 is 5.32 Å². The molecule has 0 amide bonds. The number of nitrogens with zero attached hydrogens (tertiary/aromatic N) is 4. The van der Waals surface area contributed by atoms with E-state index in [0.29, 0.717) is 12.4 Å². The summed E-state index contributed by atoms with van der Waals surface area (Å²) in [5.74, 6) is 1.42. The molecule has 1 N–H and O–H groups in total. The lowest BCUT2D eigenvalue weighted by Crippen LogP contribution is -2.25. The van der Waals surface area contributed by atoms with E-state index in [0.717, 1.165) is 17.1 Å². The van der Waals surface area contributed by atoms with Crippen LogP contribution in [0.3, 0.4) is 0 Å². The topological polar surface area (TPSA) is 64.9 Å². The minimum atomic E-state index is -0.529. The van der Waals surface area contributed by atoms with Crippen LogP contribution in [-0.4, -0.2) is 33.4 Å². The summed E-state index contributed by atoms with van der Waals surface area (Å²) < 4.78 is 7.49. The average Bonchev–Trinajstić information content (AvgIpc) is 2.85. The van der Waals surface area contributed by atoms with Gasteiger partial charge in [-0.25, -0.2) is 9.97 Å². The fourth-order valence-corrected chi connectivity index (χ4v) is 1.97. The zero-order valence-electron chi connectivity index (χ0n) is 12.6. The Labute approximate surface area is 119 Å². The van der Waals surface area contributed by atoms with Gasteiger partial charge in [0.25, 0.3) is 0 Å². The summed E-state index contributed by atoms with van der Waals surface area (Å²) in [6.07, 6.45) is 3.72. The second-order valence-electron chi connectivity index (χ2n) is 5.06. The Bertz CT molecular complexity index is 591. The molecule has 2 aromatic heterocycles. The molecule has 0 aliphatic heterocycles. The first-order chi connectivity index (χ1) is 9.46. The Kier molecular flexibility index (Phi) is 4.04. The molecule has 2 aromatic rings. The molecule has 0 aliphatic rings. The van der Waals surface area contributed by atoms with E-state index in [4.69, 9.17) is 4.74 Å². The first-order valence-corrected chi connectivity index (χ1v) is 6.66. The maximum absolute atomic E-state index is 5.74. The number of rotatable bonds is 5. The molecule has 0 spiro atoms. The number of hydrogen-bond donors (Lipinski definition) is 1. The molecule has 6 nitrogen and oxygen atoms in total. The summed E-state index contributed by atoms with van der Waals surface area (Å²) in [5, 5.41) is 7.25. The van der Waals surface area contributed by atoms with Crippen LogP contribution in [0.4, 0.5) is 5.82 Å². The zero-order valence-corrected chi connectivity index (χ0v) is 12.6. The molecule has 6 heteroatoms. The van der Waals surface area contributed by atoms with Crippen LogP contribution in [0.2, 0.25) is 0 Å². The van der Waals surface area contributed by atoms with Crippen molar-refractivity contribution in [2.75, 3.05) is 19.0 Å². The molecule has 0 saturated heterocycles. The predicted molar refractivity (Wildman–Crippen MR) is 78.4 cm³/mol. The van der Waals surface area contributed by atoms with Crippen LogP contribution in [0.25, 0.3) is 11.3 Å². The molecule has 0 aromatic carbocycles. The molecule has 2 rings (SSSR count). The molecule has 0 atom stereocenters. The molecule has 2 heterocycles. The van der Waals surface area contributed by atoms with Gasteiger partial charge >= 0.3 is 0 Å². The smallest absolute Gasteiger partial charge is 0.162 e. The fourth-order valence-electron chi connectivity index (χ4n) is 1.97. The Morgan fingerprint density at radius 2 is 2.10 bits per heavy atom. The van der Waals surface area contributed by atoms with Gasteiger partial charge in [-0.05, 0) is 20.8 Å². The van der Waals surface area contributed by atoms with Crippen molar-refractivity contribution in [2.45, 2.75) is 26.4 Å². The van der Waals surface area contributed by atoms with E-state index in [1.807, 2.05) is 47.1 Å². The van der Waals surface area contributed by atoms with Crippen molar-refractivity contribution < 1.29 is 4.74 Å². The van der Waals surface area contributed by atoms with Crippen molar-refractivity contribution >= 4 is 5.82 Å². The fraction of sp³-hybridized carbons (Fsp3) is 0.500. The summed E-state index contributed by atoms with van der Waals surface area (Å²) in [7, 11) is 3.72. The van der Waals surface area contributed by atoms with Crippen LogP contribution in [0, 0.1) is 0 Å². The van der Waals surface area contributed by atoms with Crippen LogP contribution in [0.15, 0.2) is 18.5 Å².